The molecule has 3 atom stereocenters. The normalized spacial score (nSPS) is 17.9. The van der Waals surface area contributed by atoms with Gasteiger partial charge in [0.15, 0.2) is 6.61 Å². The van der Waals surface area contributed by atoms with Crippen LogP contribution in [0.25, 0.3) is 10.8 Å². The number of nitrogens with one attached hydrogen (secondary N) is 1. The number of aliphatic carboxylic acids is 1. The highest BCUT2D eigenvalue weighted by molar-refractivity contribution is 5.86. The van der Waals surface area contributed by atoms with Gasteiger partial charge in [-0.3, -0.25) is 0 Å². The Bertz CT molecular complexity index is 1330. The van der Waals surface area contributed by atoms with Gasteiger partial charge >= 0.3 is 5.97 Å². The van der Waals surface area contributed by atoms with Gasteiger partial charge in [0, 0.05) is 24.1 Å². The topological polar surface area (TPSA) is 67.8 Å². The van der Waals surface area contributed by atoms with E-state index in [-0.39, 0.29) is 18.1 Å². The molecule has 0 fully saturated rings. The fraction of sp³-hybridized carbons (Fsp3) is 0.281. The lowest BCUT2D eigenvalue weighted by atomic mass is 9.84. The molecule has 0 unspecified atom stereocenters. The van der Waals surface area contributed by atoms with E-state index >= 15 is 0 Å². The second kappa shape index (κ2) is 11.9. The predicted molar refractivity (Wildman–Crippen MR) is 149 cm³/mol. The van der Waals surface area contributed by atoms with Gasteiger partial charge in [-0.05, 0) is 67.3 Å². The smallest absolute Gasteiger partial charge is 0.341 e. The molecule has 1 aliphatic rings. The molecule has 0 saturated heterocycles. The van der Waals surface area contributed by atoms with Gasteiger partial charge < -0.3 is 19.9 Å². The molecule has 0 saturated carbocycles. The fourth-order valence-corrected chi connectivity index (χ4v) is 4.85. The Morgan fingerprint density at radius 1 is 1.11 bits per heavy atom. The van der Waals surface area contributed by atoms with Gasteiger partial charge in [0.2, 0.25) is 0 Å². The molecule has 0 spiro atoms. The lowest BCUT2D eigenvalue weighted by molar-refractivity contribution is -0.140. The number of ether oxygens (including phenoxy) is 2. The van der Waals surface area contributed by atoms with Crippen molar-refractivity contribution in [2.45, 2.75) is 45.3 Å². The fourth-order valence-electron chi connectivity index (χ4n) is 4.85. The van der Waals surface area contributed by atoms with Crippen molar-refractivity contribution >= 4 is 16.7 Å². The maximum atomic E-state index is 11.1. The maximum absolute atomic E-state index is 11.1. The number of carboxylic acids is 1. The van der Waals surface area contributed by atoms with Crippen molar-refractivity contribution in [3.63, 3.8) is 0 Å². The molecule has 0 aromatic heterocycles. The van der Waals surface area contributed by atoms with Gasteiger partial charge in [-0.15, -0.1) is 0 Å². The highest BCUT2D eigenvalue weighted by Gasteiger charge is 2.30. The van der Waals surface area contributed by atoms with Crippen molar-refractivity contribution in [2.24, 2.45) is 0 Å². The molecule has 4 rings (SSSR count). The van der Waals surface area contributed by atoms with Gasteiger partial charge in [-0.1, -0.05) is 72.8 Å². The number of carbonyl (C=O) groups is 1. The molecule has 2 N–H and O–H groups in total. The Labute approximate surface area is 219 Å². The van der Waals surface area contributed by atoms with E-state index < -0.39 is 12.6 Å². The van der Waals surface area contributed by atoms with Crippen LogP contribution >= 0.6 is 0 Å². The molecule has 192 valence electrons. The zero-order valence-electron chi connectivity index (χ0n) is 21.7. The number of hydrogen-bond donors (Lipinski definition) is 2. The third-order valence-corrected chi connectivity index (χ3v) is 6.60. The van der Waals surface area contributed by atoms with Crippen LogP contribution in [-0.2, 0) is 9.53 Å². The van der Waals surface area contributed by atoms with Crippen LogP contribution < -0.4 is 10.1 Å². The molecule has 0 aliphatic carbocycles. The molecule has 0 radical (unpaired) electrons. The third-order valence-electron chi connectivity index (χ3n) is 6.60. The van der Waals surface area contributed by atoms with Gasteiger partial charge in [-0.2, -0.15) is 0 Å². The van der Waals surface area contributed by atoms with Crippen LogP contribution in [0.4, 0.5) is 0 Å². The standard InChI is InChI=1S/C32H35NO4/c1-21(2)16-25(36-20-32(34)35)17-22(3)30-18-26(37-31-15-8-7-13-29(30)31)19-33-23(4)27-14-9-11-24-10-5-6-12-28(24)27/h5-17,23,26,30,33H,3,18-20H2,1-2,4H3,(H,34,35)/b25-17+/t23-,26-,30+/m1/s1. The number of allylic oxidation sites excluding steroid dienone is 4. The second-order valence-corrected chi connectivity index (χ2v) is 9.79. The van der Waals surface area contributed by atoms with Crippen molar-refractivity contribution in [3.8, 4) is 5.75 Å². The van der Waals surface area contributed by atoms with Crippen LogP contribution in [0.5, 0.6) is 5.75 Å². The SMILES string of the molecule is C=C(/C=C(\C=C(C)C)OCC(=O)O)[C@@H]1C[C@H](CN[C@H](C)c2cccc3ccccc23)Oc2ccccc21. The number of rotatable bonds is 10. The van der Waals surface area contributed by atoms with E-state index in [1.165, 1.54) is 16.3 Å². The van der Waals surface area contributed by atoms with Crippen LogP contribution in [-0.4, -0.2) is 30.3 Å². The summed E-state index contributed by atoms with van der Waals surface area (Å²) >= 11 is 0. The van der Waals surface area contributed by atoms with E-state index in [1.54, 1.807) is 0 Å². The number of para-hydroxylation sites is 1. The Balaban J connectivity index is 1.52. The Morgan fingerprint density at radius 3 is 2.62 bits per heavy atom. The Morgan fingerprint density at radius 2 is 1.84 bits per heavy atom. The van der Waals surface area contributed by atoms with Crippen molar-refractivity contribution in [1.29, 1.82) is 0 Å². The molecule has 37 heavy (non-hydrogen) atoms. The molecule has 3 aromatic carbocycles. The average Bonchev–Trinajstić information content (AvgIpc) is 2.89. The molecule has 0 amide bonds. The first-order valence-corrected chi connectivity index (χ1v) is 12.7. The summed E-state index contributed by atoms with van der Waals surface area (Å²) in [6.45, 7) is 10.7. The van der Waals surface area contributed by atoms with Crippen LogP contribution in [0.3, 0.4) is 0 Å². The van der Waals surface area contributed by atoms with Crippen molar-refractivity contribution in [1.82, 2.24) is 5.32 Å². The summed E-state index contributed by atoms with van der Waals surface area (Å²) in [4.78, 5) is 11.1. The number of benzene rings is 3. The van der Waals surface area contributed by atoms with Gasteiger partial charge in [0.05, 0.1) is 0 Å². The molecule has 1 aliphatic heterocycles. The summed E-state index contributed by atoms with van der Waals surface area (Å²) in [5.41, 5.74) is 4.22. The molecular formula is C32H35NO4. The summed E-state index contributed by atoms with van der Waals surface area (Å²) in [6.07, 6.45) is 4.40. The highest BCUT2D eigenvalue weighted by Crippen LogP contribution is 2.40. The third kappa shape index (κ3) is 6.69. The summed E-state index contributed by atoms with van der Waals surface area (Å²) in [7, 11) is 0. The van der Waals surface area contributed by atoms with E-state index in [4.69, 9.17) is 14.6 Å². The van der Waals surface area contributed by atoms with Gasteiger partial charge in [-0.25, -0.2) is 4.79 Å². The van der Waals surface area contributed by atoms with Crippen LogP contribution in [0, 0.1) is 0 Å². The first-order chi connectivity index (χ1) is 17.8. The highest BCUT2D eigenvalue weighted by atomic mass is 16.5. The largest absolute Gasteiger partial charge is 0.489 e. The van der Waals surface area contributed by atoms with Gasteiger partial charge in [0.25, 0.3) is 0 Å². The summed E-state index contributed by atoms with van der Waals surface area (Å²) in [6, 6.07) is 23.1. The lowest BCUT2D eigenvalue weighted by Gasteiger charge is -2.33. The van der Waals surface area contributed by atoms with Crippen LogP contribution in [0.1, 0.15) is 50.3 Å². The monoisotopic (exact) mass is 497 g/mol. The minimum atomic E-state index is -1.01. The summed E-state index contributed by atoms with van der Waals surface area (Å²) in [5, 5.41) is 15.2. The molecule has 5 heteroatoms. The van der Waals surface area contributed by atoms with Crippen molar-refractivity contribution in [2.75, 3.05) is 13.2 Å². The predicted octanol–water partition coefficient (Wildman–Crippen LogP) is 6.93. The van der Waals surface area contributed by atoms with Crippen LogP contribution in [0.2, 0.25) is 0 Å². The first kappa shape index (κ1) is 26.2. The lowest BCUT2D eigenvalue weighted by Crippen LogP contribution is -2.37. The number of carboxylic acid groups (broad SMARTS) is 1. The average molecular weight is 498 g/mol. The molecular weight excluding hydrogens is 462 g/mol. The van der Waals surface area contributed by atoms with E-state index in [1.807, 2.05) is 44.2 Å². The first-order valence-electron chi connectivity index (χ1n) is 12.7. The molecule has 1 heterocycles. The molecule has 5 nitrogen and oxygen atoms in total. The molecule has 3 aromatic rings. The Kier molecular flexibility index (Phi) is 8.47. The zero-order chi connectivity index (χ0) is 26.4. The minimum Gasteiger partial charge on any atom is -0.489 e. The Hall–Kier alpha value is -3.83. The quantitative estimate of drug-likeness (QED) is 0.235. The van der Waals surface area contributed by atoms with E-state index in [9.17, 15) is 4.79 Å². The summed E-state index contributed by atoms with van der Waals surface area (Å²) < 4.78 is 11.9. The zero-order valence-corrected chi connectivity index (χ0v) is 21.7. The van der Waals surface area contributed by atoms with E-state index in [0.717, 1.165) is 28.9 Å². The van der Waals surface area contributed by atoms with E-state index in [2.05, 4.69) is 67.4 Å². The van der Waals surface area contributed by atoms with E-state index in [0.29, 0.717) is 12.3 Å². The minimum absolute atomic E-state index is 0.0265. The van der Waals surface area contributed by atoms with Crippen molar-refractivity contribution in [3.05, 3.63) is 113 Å². The number of fused-ring (bicyclic) bond motifs is 2. The molecule has 0 bridgehead atoms. The van der Waals surface area contributed by atoms with Crippen molar-refractivity contribution < 1.29 is 19.4 Å². The number of hydrogen-bond acceptors (Lipinski definition) is 4. The van der Waals surface area contributed by atoms with Gasteiger partial charge in [0.1, 0.15) is 17.6 Å². The van der Waals surface area contributed by atoms with Crippen LogP contribution in [0.15, 0.2) is 102 Å². The second-order valence-electron chi connectivity index (χ2n) is 9.79. The summed E-state index contributed by atoms with van der Waals surface area (Å²) in [5.74, 6) is 0.365. The maximum Gasteiger partial charge on any atom is 0.341 e.